The maximum atomic E-state index is 12.2. The second-order valence-corrected chi connectivity index (χ2v) is 6.23. The number of rotatable bonds is 1. The Morgan fingerprint density at radius 2 is 1.76 bits per heavy atom. The molecule has 0 bridgehead atoms. The van der Waals surface area contributed by atoms with Crippen molar-refractivity contribution < 1.29 is 14.3 Å². The molecule has 1 aliphatic rings. The average molecular weight is 287 g/mol. The lowest BCUT2D eigenvalue weighted by Gasteiger charge is -2.31. The number of Topliss-reactive ketones (excluding diaryl/α,β-unsaturated/α-hetero) is 1. The lowest BCUT2D eigenvalue weighted by Crippen LogP contribution is -2.43. The lowest BCUT2D eigenvalue weighted by molar-refractivity contribution is -0.117. The molecule has 112 valence electrons. The van der Waals surface area contributed by atoms with Crippen molar-refractivity contribution in [3.63, 3.8) is 0 Å². The van der Waals surface area contributed by atoms with Crippen LogP contribution < -0.4 is 0 Å². The fourth-order valence-corrected chi connectivity index (χ4v) is 2.23. The van der Waals surface area contributed by atoms with E-state index < -0.39 is 11.7 Å². The fourth-order valence-electron chi connectivity index (χ4n) is 2.23. The van der Waals surface area contributed by atoms with Crippen molar-refractivity contribution in [1.82, 2.24) is 4.90 Å². The van der Waals surface area contributed by atoms with Crippen molar-refractivity contribution in [2.75, 3.05) is 13.1 Å². The van der Waals surface area contributed by atoms with E-state index >= 15 is 0 Å². The third kappa shape index (κ3) is 3.72. The smallest absolute Gasteiger partial charge is 0.411 e. The van der Waals surface area contributed by atoms with Gasteiger partial charge in [0, 0.05) is 0 Å². The molecule has 0 N–H and O–H groups in total. The summed E-state index contributed by atoms with van der Waals surface area (Å²) in [6, 6.07) is 9.67. The lowest BCUT2D eigenvalue weighted by atomic mass is 9.94. The van der Waals surface area contributed by atoms with Gasteiger partial charge < -0.3 is 4.74 Å². The Morgan fingerprint density at radius 3 is 2.33 bits per heavy atom. The summed E-state index contributed by atoms with van der Waals surface area (Å²) in [5.41, 5.74) is 2.01. The van der Waals surface area contributed by atoms with Gasteiger partial charge in [-0.1, -0.05) is 30.3 Å². The van der Waals surface area contributed by atoms with E-state index in [1.165, 1.54) is 4.90 Å². The van der Waals surface area contributed by atoms with Gasteiger partial charge in [0.15, 0.2) is 5.78 Å². The maximum Gasteiger partial charge on any atom is 0.411 e. The number of ether oxygens (including phenoxy) is 1. The molecule has 0 saturated carbocycles. The summed E-state index contributed by atoms with van der Waals surface area (Å²) in [6.45, 7) is 7.74. The van der Waals surface area contributed by atoms with E-state index in [0.717, 1.165) is 16.7 Å². The molecule has 0 aromatic heterocycles. The molecule has 1 aliphatic heterocycles. The zero-order chi connectivity index (χ0) is 15.6. The first-order valence-corrected chi connectivity index (χ1v) is 7.04. The molecule has 1 aromatic carbocycles. The molecule has 0 spiro atoms. The molecule has 21 heavy (non-hydrogen) atoms. The Bertz CT molecular complexity index is 582. The van der Waals surface area contributed by atoms with E-state index in [0.29, 0.717) is 6.54 Å². The Labute approximate surface area is 125 Å². The van der Waals surface area contributed by atoms with Gasteiger partial charge in [0.25, 0.3) is 0 Å². The first kappa shape index (κ1) is 15.3. The molecule has 1 heterocycles. The van der Waals surface area contributed by atoms with Crippen LogP contribution in [0, 0.1) is 0 Å². The Hall–Kier alpha value is -2.10. The minimum atomic E-state index is -0.566. The topological polar surface area (TPSA) is 46.6 Å². The van der Waals surface area contributed by atoms with Gasteiger partial charge in [-0.3, -0.25) is 9.69 Å². The van der Waals surface area contributed by atoms with Crippen LogP contribution in [0.2, 0.25) is 0 Å². The summed E-state index contributed by atoms with van der Waals surface area (Å²) in [5.74, 6) is -0.0361. The van der Waals surface area contributed by atoms with Crippen LogP contribution >= 0.6 is 0 Å². The SMILES string of the molecule is CC1=C(c2ccccc2)CN(C(=O)OC(C)(C)C)CC1=O. The predicted octanol–water partition coefficient (Wildman–Crippen LogP) is 3.28. The average Bonchev–Trinajstić information content (AvgIpc) is 2.40. The number of nitrogens with zero attached hydrogens (tertiary/aromatic N) is 1. The van der Waals surface area contributed by atoms with Crippen molar-refractivity contribution in [3.05, 3.63) is 41.5 Å². The fraction of sp³-hybridized carbons (Fsp3) is 0.412. The van der Waals surface area contributed by atoms with Gasteiger partial charge in [-0.2, -0.15) is 0 Å². The number of hydrogen-bond donors (Lipinski definition) is 0. The van der Waals surface area contributed by atoms with Gasteiger partial charge in [0.05, 0.1) is 13.1 Å². The number of ketones is 1. The minimum absolute atomic E-state index is 0.0361. The van der Waals surface area contributed by atoms with Crippen molar-refractivity contribution in [2.45, 2.75) is 33.3 Å². The maximum absolute atomic E-state index is 12.2. The van der Waals surface area contributed by atoms with Gasteiger partial charge in [0.1, 0.15) is 5.60 Å². The Balaban J connectivity index is 2.25. The number of hydrogen-bond acceptors (Lipinski definition) is 3. The second-order valence-electron chi connectivity index (χ2n) is 6.23. The number of benzene rings is 1. The van der Waals surface area contributed by atoms with Crippen molar-refractivity contribution in [3.8, 4) is 0 Å². The summed E-state index contributed by atoms with van der Waals surface area (Å²) in [6.07, 6.45) is -0.447. The first-order valence-electron chi connectivity index (χ1n) is 7.04. The predicted molar refractivity (Wildman–Crippen MR) is 81.9 cm³/mol. The summed E-state index contributed by atoms with van der Waals surface area (Å²) >= 11 is 0. The molecule has 0 unspecified atom stereocenters. The van der Waals surface area contributed by atoms with Crippen LogP contribution in [0.25, 0.3) is 5.57 Å². The molecule has 1 amide bonds. The summed E-state index contributed by atoms with van der Waals surface area (Å²) < 4.78 is 5.36. The highest BCUT2D eigenvalue weighted by Gasteiger charge is 2.30. The van der Waals surface area contributed by atoms with E-state index in [9.17, 15) is 9.59 Å². The third-order valence-electron chi connectivity index (χ3n) is 3.33. The molecular weight excluding hydrogens is 266 g/mol. The molecule has 0 radical (unpaired) electrons. The quantitative estimate of drug-likeness (QED) is 0.796. The van der Waals surface area contributed by atoms with Crippen molar-refractivity contribution in [1.29, 1.82) is 0 Å². The second kappa shape index (κ2) is 5.72. The van der Waals surface area contributed by atoms with Crippen LogP contribution in [-0.2, 0) is 9.53 Å². The highest BCUT2D eigenvalue weighted by Crippen LogP contribution is 2.25. The highest BCUT2D eigenvalue weighted by molar-refractivity contribution is 6.06. The monoisotopic (exact) mass is 287 g/mol. The van der Waals surface area contributed by atoms with Crippen LogP contribution in [0.5, 0.6) is 0 Å². The number of carbonyl (C=O) groups excluding carboxylic acids is 2. The van der Waals surface area contributed by atoms with Crippen LogP contribution in [0.3, 0.4) is 0 Å². The van der Waals surface area contributed by atoms with Crippen molar-refractivity contribution in [2.24, 2.45) is 0 Å². The Morgan fingerprint density at radius 1 is 1.14 bits per heavy atom. The molecule has 1 aromatic rings. The van der Waals surface area contributed by atoms with E-state index in [-0.39, 0.29) is 12.3 Å². The molecular formula is C17H21NO3. The molecule has 0 aliphatic carbocycles. The van der Waals surface area contributed by atoms with Gasteiger partial charge in [-0.25, -0.2) is 4.79 Å². The Kier molecular flexibility index (Phi) is 4.16. The van der Waals surface area contributed by atoms with Gasteiger partial charge in [-0.05, 0) is 44.4 Å². The van der Waals surface area contributed by atoms with Crippen LogP contribution in [0.15, 0.2) is 35.9 Å². The zero-order valence-electron chi connectivity index (χ0n) is 13.0. The summed E-state index contributed by atoms with van der Waals surface area (Å²) in [5, 5.41) is 0. The number of carbonyl (C=O) groups is 2. The van der Waals surface area contributed by atoms with E-state index in [2.05, 4.69) is 0 Å². The number of amides is 1. The summed E-state index contributed by atoms with van der Waals surface area (Å²) in [7, 11) is 0. The van der Waals surface area contributed by atoms with Gasteiger partial charge >= 0.3 is 6.09 Å². The van der Waals surface area contributed by atoms with Crippen LogP contribution in [0.1, 0.15) is 33.3 Å². The minimum Gasteiger partial charge on any atom is -0.444 e. The standard InChI is InChI=1S/C17H21NO3/c1-12-14(13-8-6-5-7-9-13)10-18(11-15(12)19)16(20)21-17(2,3)4/h5-9H,10-11H2,1-4H3. The van der Waals surface area contributed by atoms with E-state index in [1.807, 2.05) is 58.0 Å². The largest absolute Gasteiger partial charge is 0.444 e. The van der Waals surface area contributed by atoms with Crippen LogP contribution in [0.4, 0.5) is 4.79 Å². The molecule has 4 nitrogen and oxygen atoms in total. The zero-order valence-corrected chi connectivity index (χ0v) is 13.0. The molecule has 2 rings (SSSR count). The van der Waals surface area contributed by atoms with E-state index in [1.54, 1.807) is 0 Å². The molecule has 0 fully saturated rings. The normalized spacial score (nSPS) is 16.2. The summed E-state index contributed by atoms with van der Waals surface area (Å²) in [4.78, 5) is 25.8. The van der Waals surface area contributed by atoms with Crippen LogP contribution in [-0.4, -0.2) is 35.5 Å². The molecule has 0 atom stereocenters. The molecule has 4 heteroatoms. The molecule has 0 saturated heterocycles. The first-order chi connectivity index (χ1) is 9.78. The third-order valence-corrected chi connectivity index (χ3v) is 3.33. The van der Waals surface area contributed by atoms with Crippen molar-refractivity contribution >= 4 is 17.4 Å². The van der Waals surface area contributed by atoms with E-state index in [4.69, 9.17) is 4.74 Å². The van der Waals surface area contributed by atoms with Gasteiger partial charge in [-0.15, -0.1) is 0 Å². The van der Waals surface area contributed by atoms with Gasteiger partial charge in [0.2, 0.25) is 0 Å². The highest BCUT2D eigenvalue weighted by atomic mass is 16.6.